The number of hydrogen-bond donors (Lipinski definition) is 1. The summed E-state index contributed by atoms with van der Waals surface area (Å²) in [4.78, 5) is 16.7. The molecule has 1 fully saturated rings. The maximum Gasteiger partial charge on any atom is 0.170 e. The second kappa shape index (κ2) is 13.2. The molecule has 1 saturated heterocycles. The molecule has 192 valence electrons. The molecule has 3 rings (SSSR count). The highest BCUT2D eigenvalue weighted by atomic mass is 16.5. The van der Waals surface area contributed by atoms with Crippen LogP contribution in [0.5, 0.6) is 0 Å². The van der Waals surface area contributed by atoms with Gasteiger partial charge in [-0.15, -0.1) is 0 Å². The first-order valence-corrected chi connectivity index (χ1v) is 13.7. The maximum atomic E-state index is 14.4. The lowest BCUT2D eigenvalue weighted by Gasteiger charge is -2.40. The Hall–Kier alpha value is -2.17. The average molecular weight is 479 g/mol. The first-order chi connectivity index (χ1) is 16.9. The van der Waals surface area contributed by atoms with Gasteiger partial charge in [0, 0.05) is 30.4 Å². The van der Waals surface area contributed by atoms with E-state index in [4.69, 9.17) is 4.74 Å². The fourth-order valence-electron chi connectivity index (χ4n) is 5.66. The number of benzene rings is 2. The normalized spacial score (nSPS) is 16.8. The minimum atomic E-state index is -0.473. The van der Waals surface area contributed by atoms with Gasteiger partial charge in [-0.2, -0.15) is 0 Å². The Kier molecular flexibility index (Phi) is 10.4. The van der Waals surface area contributed by atoms with Crippen molar-refractivity contribution in [3.63, 3.8) is 0 Å². The zero-order valence-corrected chi connectivity index (χ0v) is 22.6. The molecule has 1 N–H and O–H groups in total. The number of ether oxygens (including phenoxy) is 1. The van der Waals surface area contributed by atoms with Gasteiger partial charge in [0.1, 0.15) is 0 Å². The molecule has 0 saturated carbocycles. The van der Waals surface area contributed by atoms with Crippen molar-refractivity contribution in [2.75, 3.05) is 38.3 Å². The Balaban J connectivity index is 1.93. The van der Waals surface area contributed by atoms with E-state index >= 15 is 0 Å². The Bertz CT molecular complexity index is 897. The SMILES string of the molecule is CCCCC(Cc1ccc(CC(C)C)cc1)(C(=O)c1ccc(N2CCOCC2)cc1)C(CC)NC. The van der Waals surface area contributed by atoms with E-state index in [1.165, 1.54) is 16.8 Å². The Labute approximate surface area is 213 Å². The fourth-order valence-corrected chi connectivity index (χ4v) is 5.66. The molecule has 0 radical (unpaired) electrons. The van der Waals surface area contributed by atoms with Crippen LogP contribution >= 0.6 is 0 Å². The van der Waals surface area contributed by atoms with Gasteiger partial charge in [0.2, 0.25) is 0 Å². The summed E-state index contributed by atoms with van der Waals surface area (Å²) in [6.45, 7) is 12.2. The Morgan fingerprint density at radius 3 is 2.17 bits per heavy atom. The summed E-state index contributed by atoms with van der Waals surface area (Å²) in [7, 11) is 2.01. The summed E-state index contributed by atoms with van der Waals surface area (Å²) in [5.74, 6) is 0.909. The average Bonchev–Trinajstić information content (AvgIpc) is 2.88. The van der Waals surface area contributed by atoms with E-state index < -0.39 is 5.41 Å². The summed E-state index contributed by atoms with van der Waals surface area (Å²) < 4.78 is 5.50. The van der Waals surface area contributed by atoms with Gasteiger partial charge in [0.15, 0.2) is 5.78 Å². The van der Waals surface area contributed by atoms with Crippen molar-refractivity contribution in [3.8, 4) is 0 Å². The van der Waals surface area contributed by atoms with Crippen LogP contribution in [-0.4, -0.2) is 45.2 Å². The monoisotopic (exact) mass is 478 g/mol. The van der Waals surface area contributed by atoms with Gasteiger partial charge < -0.3 is 15.0 Å². The number of carbonyl (C=O) groups excluding carboxylic acids is 1. The van der Waals surface area contributed by atoms with Gasteiger partial charge in [-0.05, 0) is 74.0 Å². The Morgan fingerprint density at radius 2 is 1.63 bits per heavy atom. The first-order valence-electron chi connectivity index (χ1n) is 13.7. The number of Topliss-reactive ketones (excluding diaryl/α,β-unsaturated/α-hetero) is 1. The lowest BCUT2D eigenvalue weighted by atomic mass is 9.66. The lowest BCUT2D eigenvalue weighted by molar-refractivity contribution is 0.0681. The Morgan fingerprint density at radius 1 is 1.00 bits per heavy atom. The summed E-state index contributed by atoms with van der Waals surface area (Å²) in [6.07, 6.45) is 5.78. The van der Waals surface area contributed by atoms with Crippen LogP contribution < -0.4 is 10.2 Å². The molecule has 0 amide bonds. The van der Waals surface area contributed by atoms with Gasteiger partial charge in [0.25, 0.3) is 0 Å². The third-order valence-corrected chi connectivity index (χ3v) is 7.54. The molecule has 1 aliphatic heterocycles. The minimum absolute atomic E-state index is 0.121. The van der Waals surface area contributed by atoms with E-state index in [1.807, 2.05) is 19.2 Å². The third-order valence-electron chi connectivity index (χ3n) is 7.54. The topological polar surface area (TPSA) is 41.6 Å². The van der Waals surface area contributed by atoms with Gasteiger partial charge in [-0.1, -0.05) is 64.8 Å². The van der Waals surface area contributed by atoms with Crippen molar-refractivity contribution < 1.29 is 9.53 Å². The van der Waals surface area contributed by atoms with Crippen molar-refractivity contribution in [1.29, 1.82) is 0 Å². The van der Waals surface area contributed by atoms with E-state index in [9.17, 15) is 4.79 Å². The van der Waals surface area contributed by atoms with Crippen LogP contribution in [0.1, 0.15) is 74.9 Å². The number of unbranched alkanes of at least 4 members (excludes halogenated alkanes) is 1. The molecule has 2 aromatic carbocycles. The van der Waals surface area contributed by atoms with E-state index in [2.05, 4.69) is 74.3 Å². The van der Waals surface area contributed by atoms with Crippen molar-refractivity contribution >= 4 is 11.5 Å². The van der Waals surface area contributed by atoms with Crippen LogP contribution in [0.15, 0.2) is 48.5 Å². The molecule has 0 spiro atoms. The highest BCUT2D eigenvalue weighted by Crippen LogP contribution is 2.39. The van der Waals surface area contributed by atoms with Crippen LogP contribution in [0.25, 0.3) is 0 Å². The van der Waals surface area contributed by atoms with Crippen LogP contribution in [0.2, 0.25) is 0 Å². The summed E-state index contributed by atoms with van der Waals surface area (Å²) >= 11 is 0. The van der Waals surface area contributed by atoms with Crippen LogP contribution in [0, 0.1) is 11.3 Å². The number of hydrogen-bond acceptors (Lipinski definition) is 4. The number of carbonyl (C=O) groups is 1. The molecule has 0 bridgehead atoms. The summed E-state index contributed by atoms with van der Waals surface area (Å²) in [6, 6.07) is 17.4. The van der Waals surface area contributed by atoms with Gasteiger partial charge in [-0.3, -0.25) is 4.79 Å². The van der Waals surface area contributed by atoms with Crippen molar-refractivity contribution in [2.45, 2.75) is 72.3 Å². The number of anilines is 1. The molecular formula is C31H46N2O2. The standard InChI is InChI=1S/C31H46N2O2/c1-6-8-17-31(29(7-2)32-5,23-26-11-9-25(10-12-26)22-24(3)4)30(34)27-13-15-28(16-14-27)33-18-20-35-21-19-33/h9-16,24,29,32H,6-8,17-23H2,1-5H3. The smallest absolute Gasteiger partial charge is 0.170 e. The number of morpholine rings is 1. The molecule has 1 aliphatic rings. The highest BCUT2D eigenvalue weighted by Gasteiger charge is 2.44. The van der Waals surface area contributed by atoms with Gasteiger partial charge in [0.05, 0.1) is 18.6 Å². The maximum absolute atomic E-state index is 14.4. The van der Waals surface area contributed by atoms with Crippen molar-refractivity contribution in [3.05, 3.63) is 65.2 Å². The molecule has 0 aliphatic carbocycles. The number of rotatable bonds is 13. The predicted octanol–water partition coefficient (Wildman–Crippen LogP) is 6.32. The first kappa shape index (κ1) is 27.4. The summed E-state index contributed by atoms with van der Waals surface area (Å²) in [5.41, 5.74) is 4.14. The highest BCUT2D eigenvalue weighted by molar-refractivity contribution is 6.01. The predicted molar refractivity (Wildman–Crippen MR) is 148 cm³/mol. The molecule has 2 aromatic rings. The van der Waals surface area contributed by atoms with Gasteiger partial charge in [-0.25, -0.2) is 0 Å². The molecule has 35 heavy (non-hydrogen) atoms. The van der Waals surface area contributed by atoms with E-state index in [0.717, 1.165) is 70.4 Å². The minimum Gasteiger partial charge on any atom is -0.378 e. The largest absolute Gasteiger partial charge is 0.378 e. The second-order valence-corrected chi connectivity index (χ2v) is 10.6. The fraction of sp³-hybridized carbons (Fsp3) is 0.581. The van der Waals surface area contributed by atoms with E-state index in [1.54, 1.807) is 0 Å². The van der Waals surface area contributed by atoms with E-state index in [-0.39, 0.29) is 11.8 Å². The number of nitrogens with one attached hydrogen (secondary N) is 1. The zero-order valence-electron chi connectivity index (χ0n) is 22.6. The van der Waals surface area contributed by atoms with Gasteiger partial charge >= 0.3 is 0 Å². The molecule has 4 heteroatoms. The molecule has 1 heterocycles. The zero-order chi connectivity index (χ0) is 25.3. The van der Waals surface area contributed by atoms with Crippen molar-refractivity contribution in [1.82, 2.24) is 5.32 Å². The lowest BCUT2D eigenvalue weighted by Crippen LogP contribution is -2.50. The molecule has 2 unspecified atom stereocenters. The summed E-state index contributed by atoms with van der Waals surface area (Å²) in [5, 5.41) is 3.53. The molecule has 2 atom stereocenters. The quantitative estimate of drug-likeness (QED) is 0.342. The molecule has 0 aromatic heterocycles. The number of ketones is 1. The molecule has 4 nitrogen and oxygen atoms in total. The molecular weight excluding hydrogens is 432 g/mol. The number of nitrogens with zero attached hydrogens (tertiary/aromatic N) is 1. The van der Waals surface area contributed by atoms with Crippen molar-refractivity contribution in [2.24, 2.45) is 11.3 Å². The third kappa shape index (κ3) is 6.95. The van der Waals surface area contributed by atoms with Crippen LogP contribution in [-0.2, 0) is 17.6 Å². The van der Waals surface area contributed by atoms with Crippen LogP contribution in [0.3, 0.4) is 0 Å². The van der Waals surface area contributed by atoms with Crippen LogP contribution in [0.4, 0.5) is 5.69 Å². The second-order valence-electron chi connectivity index (χ2n) is 10.6. The van der Waals surface area contributed by atoms with E-state index in [0.29, 0.717) is 5.92 Å².